The van der Waals surface area contributed by atoms with Crippen LogP contribution in [0.5, 0.6) is 11.5 Å². The molecule has 0 spiro atoms. The second kappa shape index (κ2) is 8.45. The van der Waals surface area contributed by atoms with E-state index in [-0.39, 0.29) is 24.4 Å². The van der Waals surface area contributed by atoms with E-state index in [4.69, 9.17) is 9.47 Å². The summed E-state index contributed by atoms with van der Waals surface area (Å²) in [7, 11) is 5.18. The third-order valence-electron chi connectivity index (χ3n) is 4.90. The van der Waals surface area contributed by atoms with Crippen molar-refractivity contribution in [2.75, 3.05) is 58.9 Å². The number of carbonyl (C=O) groups excluding carboxylic acids is 2. The van der Waals surface area contributed by atoms with Crippen LogP contribution in [-0.4, -0.2) is 81.9 Å². The van der Waals surface area contributed by atoms with Gasteiger partial charge in [-0.2, -0.15) is 0 Å². The van der Waals surface area contributed by atoms with Gasteiger partial charge in [-0.05, 0) is 19.2 Å². The van der Waals surface area contributed by atoms with Gasteiger partial charge in [0.15, 0.2) is 11.5 Å². The average molecular weight is 377 g/mol. The van der Waals surface area contributed by atoms with Crippen molar-refractivity contribution in [3.8, 4) is 11.5 Å². The number of likely N-dealkylation sites (N-methyl/N-ethyl adjacent to an activating group) is 1. The van der Waals surface area contributed by atoms with Gasteiger partial charge in [-0.15, -0.1) is 0 Å². The third kappa shape index (κ3) is 4.61. The molecule has 0 aliphatic carbocycles. The van der Waals surface area contributed by atoms with Gasteiger partial charge in [0, 0.05) is 50.9 Å². The zero-order valence-electron chi connectivity index (χ0n) is 16.0. The molecule has 1 atom stereocenters. The predicted octanol–water partition coefficient (Wildman–Crippen LogP) is 0.271. The van der Waals surface area contributed by atoms with Crippen LogP contribution < -0.4 is 25.1 Å². The number of hydrogen-bond acceptors (Lipinski definition) is 6. The van der Waals surface area contributed by atoms with Crippen molar-refractivity contribution in [3.63, 3.8) is 0 Å². The molecule has 2 heterocycles. The van der Waals surface area contributed by atoms with Crippen LogP contribution in [-0.2, 0) is 4.79 Å². The number of nitrogens with one attached hydrogen (secondary N) is 2. The van der Waals surface area contributed by atoms with Crippen LogP contribution >= 0.6 is 0 Å². The summed E-state index contributed by atoms with van der Waals surface area (Å²) in [5, 5.41) is 4.80. The molecule has 148 valence electrons. The lowest BCUT2D eigenvalue weighted by Gasteiger charge is -2.32. The molecule has 2 N–H and O–H groups in total. The molecule has 2 aliphatic rings. The molecule has 0 radical (unpaired) electrons. The lowest BCUT2D eigenvalue weighted by Crippen LogP contribution is -2.56. The topological polar surface area (TPSA) is 86.4 Å². The highest BCUT2D eigenvalue weighted by Gasteiger charge is 2.32. The van der Waals surface area contributed by atoms with Crippen molar-refractivity contribution in [3.05, 3.63) is 18.2 Å². The van der Waals surface area contributed by atoms with E-state index in [0.717, 1.165) is 31.9 Å². The van der Waals surface area contributed by atoms with Crippen LogP contribution in [0.2, 0.25) is 0 Å². The van der Waals surface area contributed by atoms with Crippen molar-refractivity contribution < 1.29 is 19.1 Å². The Labute approximate surface area is 159 Å². The first-order valence-corrected chi connectivity index (χ1v) is 9.03. The number of anilines is 1. The molecule has 3 rings (SSSR count). The number of ether oxygens (including phenoxy) is 2. The molecule has 2 saturated heterocycles. The summed E-state index contributed by atoms with van der Waals surface area (Å²) in [4.78, 5) is 28.5. The predicted molar refractivity (Wildman–Crippen MR) is 101 cm³/mol. The van der Waals surface area contributed by atoms with Crippen LogP contribution in [0.25, 0.3) is 0 Å². The second-order valence-electron chi connectivity index (χ2n) is 6.82. The Morgan fingerprint density at radius 2 is 1.81 bits per heavy atom. The van der Waals surface area contributed by atoms with Gasteiger partial charge < -0.3 is 24.6 Å². The lowest BCUT2D eigenvalue weighted by molar-refractivity contribution is -0.117. The molecule has 1 aromatic rings. The van der Waals surface area contributed by atoms with Gasteiger partial charge in [0.25, 0.3) is 0 Å². The fourth-order valence-electron chi connectivity index (χ4n) is 3.33. The Kier molecular flexibility index (Phi) is 6.02. The summed E-state index contributed by atoms with van der Waals surface area (Å²) >= 11 is 0. The first-order valence-electron chi connectivity index (χ1n) is 9.03. The van der Waals surface area contributed by atoms with Gasteiger partial charge >= 0.3 is 6.03 Å². The molecule has 27 heavy (non-hydrogen) atoms. The second-order valence-corrected chi connectivity index (χ2v) is 6.82. The van der Waals surface area contributed by atoms with Crippen molar-refractivity contribution >= 4 is 17.6 Å². The first kappa shape index (κ1) is 19.2. The molecule has 9 heteroatoms. The Bertz CT molecular complexity index is 690. The van der Waals surface area contributed by atoms with E-state index < -0.39 is 0 Å². The Morgan fingerprint density at radius 1 is 1.11 bits per heavy atom. The minimum absolute atomic E-state index is 0.0351. The minimum Gasteiger partial charge on any atom is -0.493 e. The summed E-state index contributed by atoms with van der Waals surface area (Å²) in [6, 6.07) is 4.84. The highest BCUT2D eigenvalue weighted by Crippen LogP contribution is 2.33. The highest BCUT2D eigenvalue weighted by atomic mass is 16.5. The molecule has 9 nitrogen and oxygen atoms in total. The van der Waals surface area contributed by atoms with E-state index in [9.17, 15) is 9.59 Å². The van der Waals surface area contributed by atoms with Crippen molar-refractivity contribution in [2.45, 2.75) is 12.5 Å². The zero-order chi connectivity index (χ0) is 19.4. The maximum absolute atomic E-state index is 12.4. The van der Waals surface area contributed by atoms with Crippen LogP contribution in [0.4, 0.5) is 10.5 Å². The number of amides is 3. The number of benzene rings is 1. The van der Waals surface area contributed by atoms with E-state index >= 15 is 0 Å². The van der Waals surface area contributed by atoms with Crippen LogP contribution in [0, 0.1) is 0 Å². The van der Waals surface area contributed by atoms with E-state index in [2.05, 4.69) is 22.7 Å². The summed E-state index contributed by atoms with van der Waals surface area (Å²) in [6.07, 6.45) is 0.268. The van der Waals surface area contributed by atoms with Gasteiger partial charge in [0.2, 0.25) is 5.91 Å². The normalized spacial score (nSPS) is 21.2. The van der Waals surface area contributed by atoms with E-state index in [1.165, 1.54) is 0 Å². The van der Waals surface area contributed by atoms with Crippen molar-refractivity contribution in [1.82, 2.24) is 20.7 Å². The zero-order valence-corrected chi connectivity index (χ0v) is 16.0. The fourth-order valence-corrected chi connectivity index (χ4v) is 3.33. The summed E-state index contributed by atoms with van der Waals surface area (Å²) in [5.41, 5.74) is 3.58. The van der Waals surface area contributed by atoms with Gasteiger partial charge in [0.1, 0.15) is 0 Å². The molecule has 0 unspecified atom stereocenters. The molecule has 3 amide bonds. The maximum atomic E-state index is 12.4. The number of hydrogen-bond donors (Lipinski definition) is 2. The van der Waals surface area contributed by atoms with Gasteiger partial charge in [-0.3, -0.25) is 10.2 Å². The molecule has 0 aromatic heterocycles. The Hall–Kier alpha value is -2.52. The van der Waals surface area contributed by atoms with Gasteiger partial charge in [0.05, 0.1) is 20.3 Å². The molecular weight excluding hydrogens is 350 g/mol. The van der Waals surface area contributed by atoms with E-state index in [0.29, 0.717) is 18.0 Å². The molecule has 2 fully saturated rings. The highest BCUT2D eigenvalue weighted by molar-refractivity contribution is 5.97. The number of rotatable bonds is 5. The quantitative estimate of drug-likeness (QED) is 0.766. The van der Waals surface area contributed by atoms with Crippen molar-refractivity contribution in [2.24, 2.45) is 0 Å². The number of methoxy groups -OCH3 is 2. The van der Waals surface area contributed by atoms with Crippen LogP contribution in [0.3, 0.4) is 0 Å². The molecular formula is C18H27N5O4. The number of piperazine rings is 1. The minimum atomic E-state index is -0.272. The van der Waals surface area contributed by atoms with E-state index in [1.54, 1.807) is 31.3 Å². The standard InChI is InChI=1S/C18H27N5O4/c1-21-6-8-22(9-7-21)20-18(25)19-13-10-17(24)23(12-13)14-4-5-15(26-2)16(11-14)27-3/h4-5,11,13H,6-10,12H2,1-3H3,(H2,19,20,25)/t13-/m0/s1. The number of nitrogens with zero attached hydrogens (tertiary/aromatic N) is 3. The van der Waals surface area contributed by atoms with Gasteiger partial charge in [-0.25, -0.2) is 9.80 Å². The third-order valence-corrected chi connectivity index (χ3v) is 4.90. The monoisotopic (exact) mass is 377 g/mol. The van der Waals surface area contributed by atoms with Crippen LogP contribution in [0.1, 0.15) is 6.42 Å². The SMILES string of the molecule is COc1ccc(N2C[C@@H](NC(=O)NN3CCN(C)CC3)CC2=O)cc1OC. The average Bonchev–Trinajstić information content (AvgIpc) is 3.02. The fraction of sp³-hybridized carbons (Fsp3) is 0.556. The first-order chi connectivity index (χ1) is 13.0. The summed E-state index contributed by atoms with van der Waals surface area (Å²) in [5.74, 6) is 1.13. The summed E-state index contributed by atoms with van der Waals surface area (Å²) in [6.45, 7) is 3.81. The molecule has 0 saturated carbocycles. The number of carbonyl (C=O) groups is 2. The number of urea groups is 1. The Morgan fingerprint density at radius 3 is 2.48 bits per heavy atom. The Balaban J connectivity index is 1.56. The molecule has 1 aromatic carbocycles. The van der Waals surface area contributed by atoms with E-state index in [1.807, 2.05) is 11.1 Å². The number of hydrazine groups is 1. The molecule has 0 bridgehead atoms. The van der Waals surface area contributed by atoms with Crippen LogP contribution in [0.15, 0.2) is 18.2 Å². The molecule has 2 aliphatic heterocycles. The van der Waals surface area contributed by atoms with Gasteiger partial charge in [-0.1, -0.05) is 0 Å². The smallest absolute Gasteiger partial charge is 0.329 e. The lowest BCUT2D eigenvalue weighted by atomic mass is 10.2. The maximum Gasteiger partial charge on any atom is 0.329 e. The van der Waals surface area contributed by atoms with Crippen molar-refractivity contribution in [1.29, 1.82) is 0 Å². The summed E-state index contributed by atoms with van der Waals surface area (Å²) < 4.78 is 10.5. The largest absolute Gasteiger partial charge is 0.493 e.